The van der Waals surface area contributed by atoms with Crippen LogP contribution in [0.15, 0.2) is 10.6 Å². The van der Waals surface area contributed by atoms with Crippen LogP contribution in [0.2, 0.25) is 0 Å². The summed E-state index contributed by atoms with van der Waals surface area (Å²) in [5.41, 5.74) is 6.27. The molecule has 1 aliphatic heterocycles. The molecular formula is C8H9AlN4O. The first-order valence-corrected chi connectivity index (χ1v) is 5.51. The Balaban J connectivity index is 2.50. The molecule has 0 aliphatic carbocycles. The Morgan fingerprint density at radius 1 is 1.64 bits per heavy atom. The fourth-order valence-electron chi connectivity index (χ4n) is 1.27. The van der Waals surface area contributed by atoms with Gasteiger partial charge in [0.05, 0.1) is 0 Å². The first-order valence-electron chi connectivity index (χ1n) is 4.12. The molecule has 0 amide bonds. The summed E-state index contributed by atoms with van der Waals surface area (Å²) in [5.74, 6) is 0.767. The summed E-state index contributed by atoms with van der Waals surface area (Å²) < 4.78 is 0.894. The van der Waals surface area contributed by atoms with E-state index in [2.05, 4.69) is 20.7 Å². The van der Waals surface area contributed by atoms with Crippen LogP contribution < -0.4 is 11.1 Å². The average molecular weight is 204 g/mol. The second-order valence-electron chi connectivity index (χ2n) is 2.93. The summed E-state index contributed by atoms with van der Waals surface area (Å²) in [4.78, 5) is 7.85. The van der Waals surface area contributed by atoms with Crippen LogP contribution >= 0.6 is 0 Å². The first-order chi connectivity index (χ1) is 6.70. The van der Waals surface area contributed by atoms with Gasteiger partial charge in [0.25, 0.3) is 0 Å². The molecule has 1 atom stereocenters. The predicted octanol–water partition coefficient (Wildman–Crippen LogP) is -0.720. The van der Waals surface area contributed by atoms with Crippen LogP contribution in [0, 0.1) is 0 Å². The number of aliphatic hydroxyl groups is 1. The number of hydrogen-bond acceptors (Lipinski definition) is 5. The summed E-state index contributed by atoms with van der Waals surface area (Å²) >= 11 is -0.154. The molecule has 0 saturated heterocycles. The van der Waals surface area contributed by atoms with Crippen LogP contribution in [-0.4, -0.2) is 41.5 Å². The Hall–Kier alpha value is -1.22. The van der Waals surface area contributed by atoms with Crippen LogP contribution in [-0.2, 0) is 0 Å². The number of anilines is 2. The second-order valence-corrected chi connectivity index (χ2v) is 4.00. The van der Waals surface area contributed by atoms with E-state index in [-0.39, 0.29) is 20.7 Å². The minimum absolute atomic E-state index is 0.154. The molecule has 4 N–H and O–H groups in total. The van der Waals surface area contributed by atoms with E-state index in [1.54, 1.807) is 6.20 Å². The van der Waals surface area contributed by atoms with Crippen LogP contribution in [0.5, 0.6) is 0 Å². The van der Waals surface area contributed by atoms with Crippen molar-refractivity contribution in [1.82, 2.24) is 9.97 Å². The molecule has 0 spiro atoms. The van der Waals surface area contributed by atoms with E-state index in [9.17, 15) is 5.11 Å². The quantitative estimate of drug-likeness (QED) is 0.526. The average Bonchev–Trinajstić information content (AvgIpc) is 2.16. The standard InChI is InChI=1S/C7H7N4O.CH2.Al/c8-7-9-3-4-1-2-5(12)10-6(4)11-7;;/h1,3,5,12H,(H3,8,9,10,11);1H2;. The van der Waals surface area contributed by atoms with Crippen molar-refractivity contribution in [2.45, 2.75) is 6.23 Å². The molecule has 0 fully saturated rings. The molecule has 14 heavy (non-hydrogen) atoms. The van der Waals surface area contributed by atoms with E-state index in [0.717, 1.165) is 10.00 Å². The fourth-order valence-corrected chi connectivity index (χ4v) is 1.87. The number of nitrogens with two attached hydrogens (primary N) is 1. The fraction of sp³-hybridized carbons (Fsp3) is 0.125. The Morgan fingerprint density at radius 2 is 2.43 bits per heavy atom. The molecule has 0 radical (unpaired) electrons. The third-order valence-electron chi connectivity index (χ3n) is 1.98. The third-order valence-corrected chi connectivity index (χ3v) is 2.94. The number of fused-ring (bicyclic) bond motifs is 1. The zero-order chi connectivity index (χ0) is 10.1. The van der Waals surface area contributed by atoms with Crippen molar-refractivity contribution >= 4 is 38.0 Å². The summed E-state index contributed by atoms with van der Waals surface area (Å²) in [6.45, 7) is 0. The zero-order valence-electron chi connectivity index (χ0n) is 7.44. The van der Waals surface area contributed by atoms with Gasteiger partial charge in [0, 0.05) is 0 Å². The van der Waals surface area contributed by atoms with Crippen LogP contribution in [0.25, 0.3) is 6.08 Å². The third kappa shape index (κ3) is 1.55. The van der Waals surface area contributed by atoms with Crippen LogP contribution in [0.4, 0.5) is 11.8 Å². The molecule has 0 bridgehead atoms. The van der Waals surface area contributed by atoms with Gasteiger partial charge in [-0.05, 0) is 0 Å². The number of nitrogens with zero attached hydrogens (tertiary/aromatic N) is 2. The van der Waals surface area contributed by atoms with E-state index in [0.29, 0.717) is 5.82 Å². The first kappa shape index (κ1) is 9.34. The minimum atomic E-state index is -0.690. The number of nitrogen functional groups attached to an aromatic ring is 1. The van der Waals surface area contributed by atoms with Crippen LogP contribution in [0.1, 0.15) is 5.56 Å². The van der Waals surface area contributed by atoms with Crippen molar-refractivity contribution < 1.29 is 5.11 Å². The molecule has 70 valence electrons. The Kier molecular flexibility index (Phi) is 2.34. The van der Waals surface area contributed by atoms with Gasteiger partial charge < -0.3 is 0 Å². The predicted molar refractivity (Wildman–Crippen MR) is 56.9 cm³/mol. The number of hydrogen-bond donors (Lipinski definition) is 3. The monoisotopic (exact) mass is 204 g/mol. The summed E-state index contributed by atoms with van der Waals surface area (Å²) in [6.07, 6.45) is 2.80. The van der Waals surface area contributed by atoms with Gasteiger partial charge in [0.1, 0.15) is 0 Å². The topological polar surface area (TPSA) is 84.1 Å². The molecule has 1 unspecified atom stereocenters. The molecule has 2 rings (SSSR count). The zero-order valence-corrected chi connectivity index (χ0v) is 8.59. The van der Waals surface area contributed by atoms with E-state index in [1.165, 1.54) is 0 Å². The van der Waals surface area contributed by atoms with Crippen molar-refractivity contribution in [3.63, 3.8) is 0 Å². The molecule has 1 aromatic heterocycles. The molecular weight excluding hydrogens is 195 g/mol. The van der Waals surface area contributed by atoms with Gasteiger partial charge >= 0.3 is 86.6 Å². The molecule has 0 aromatic carbocycles. The van der Waals surface area contributed by atoms with E-state index >= 15 is 0 Å². The van der Waals surface area contributed by atoms with Gasteiger partial charge in [-0.1, -0.05) is 0 Å². The van der Waals surface area contributed by atoms with Gasteiger partial charge in [-0.2, -0.15) is 0 Å². The van der Waals surface area contributed by atoms with Crippen molar-refractivity contribution in [2.24, 2.45) is 0 Å². The normalized spacial score (nSPS) is 18.9. The molecule has 5 nitrogen and oxygen atoms in total. The summed E-state index contributed by atoms with van der Waals surface area (Å²) in [5, 5.41) is 16.2. The summed E-state index contributed by atoms with van der Waals surface area (Å²) in [6, 6.07) is 0. The van der Waals surface area contributed by atoms with Gasteiger partial charge in [-0.25, -0.2) is 0 Å². The maximum atomic E-state index is 9.61. The van der Waals surface area contributed by atoms with Crippen molar-refractivity contribution in [1.29, 1.82) is 0 Å². The van der Waals surface area contributed by atoms with Crippen molar-refractivity contribution in [3.8, 4) is 0 Å². The molecule has 1 aromatic rings. The SMILES string of the molecule is [CH2]=[Al][C]1=Cc2cnc(N)nc2NC1O. The van der Waals surface area contributed by atoms with Crippen LogP contribution in [0.3, 0.4) is 0 Å². The molecule has 6 heteroatoms. The molecule has 1 aliphatic rings. The number of aromatic nitrogens is 2. The van der Waals surface area contributed by atoms with E-state index in [1.807, 2.05) is 6.08 Å². The summed E-state index contributed by atoms with van der Waals surface area (Å²) in [7, 11) is 0. The maximum absolute atomic E-state index is 9.61. The molecule has 2 heterocycles. The van der Waals surface area contributed by atoms with Gasteiger partial charge in [0.2, 0.25) is 0 Å². The van der Waals surface area contributed by atoms with Crippen molar-refractivity contribution in [2.75, 3.05) is 11.1 Å². The second kappa shape index (κ2) is 3.50. The van der Waals surface area contributed by atoms with E-state index < -0.39 is 6.23 Å². The Morgan fingerprint density at radius 3 is 3.14 bits per heavy atom. The van der Waals surface area contributed by atoms with Crippen molar-refractivity contribution in [3.05, 3.63) is 16.2 Å². The van der Waals surface area contributed by atoms with Gasteiger partial charge in [0.15, 0.2) is 0 Å². The molecule has 0 saturated carbocycles. The number of rotatable bonds is 1. The number of aliphatic hydroxyl groups excluding tert-OH is 1. The van der Waals surface area contributed by atoms with Gasteiger partial charge in [-0.15, -0.1) is 0 Å². The number of nitrogens with one attached hydrogen (secondary N) is 1. The van der Waals surface area contributed by atoms with Gasteiger partial charge in [-0.3, -0.25) is 0 Å². The van der Waals surface area contributed by atoms with E-state index in [4.69, 9.17) is 5.73 Å². The Labute approximate surface area is 86.9 Å². The Bertz CT molecular complexity index is 418.